The monoisotopic (exact) mass is 304 g/mol. The molecule has 0 saturated carbocycles. The van der Waals surface area contributed by atoms with E-state index < -0.39 is 4.84 Å². The molecule has 0 atom stereocenters. The molecule has 3 heteroatoms. The lowest BCUT2D eigenvalue weighted by Crippen LogP contribution is -2.11. The topological polar surface area (TPSA) is 17.1 Å². The van der Waals surface area contributed by atoms with Crippen LogP contribution >= 0.6 is 23.2 Å². The van der Waals surface area contributed by atoms with Crippen molar-refractivity contribution < 1.29 is 4.79 Å². The fraction of sp³-hybridized carbons (Fsp3) is 0.118. The van der Waals surface area contributed by atoms with Gasteiger partial charge >= 0.3 is 0 Å². The van der Waals surface area contributed by atoms with Crippen LogP contribution in [0.15, 0.2) is 66.2 Å². The predicted molar refractivity (Wildman–Crippen MR) is 85.1 cm³/mol. The van der Waals surface area contributed by atoms with Crippen molar-refractivity contribution in [2.45, 2.75) is 11.8 Å². The summed E-state index contributed by atoms with van der Waals surface area (Å²) in [5, 5.41) is 0. The number of Topliss-reactive ketones (excluding diaryl/α,β-unsaturated/α-hetero) is 1. The Morgan fingerprint density at radius 3 is 1.60 bits per heavy atom. The van der Waals surface area contributed by atoms with E-state index in [4.69, 9.17) is 23.2 Å². The number of rotatable bonds is 4. The maximum atomic E-state index is 12.1. The van der Waals surface area contributed by atoms with Gasteiger partial charge in [0, 0.05) is 5.57 Å². The van der Waals surface area contributed by atoms with Crippen LogP contribution in [-0.2, 0) is 4.79 Å². The quantitative estimate of drug-likeness (QED) is 0.581. The van der Waals surface area contributed by atoms with Gasteiger partial charge in [-0.15, -0.1) is 0 Å². The van der Waals surface area contributed by atoms with Crippen LogP contribution in [0.4, 0.5) is 0 Å². The number of carbonyl (C=O) groups excluding carboxylic acids is 1. The summed E-state index contributed by atoms with van der Waals surface area (Å²) in [7, 11) is 0. The molecule has 0 fully saturated rings. The van der Waals surface area contributed by atoms with Crippen molar-refractivity contribution in [2.75, 3.05) is 0 Å². The van der Waals surface area contributed by atoms with E-state index in [2.05, 4.69) is 0 Å². The Morgan fingerprint density at radius 1 is 0.850 bits per heavy atom. The predicted octanol–water partition coefficient (Wildman–Crippen LogP) is 4.88. The van der Waals surface area contributed by atoms with Crippen LogP contribution in [0.1, 0.15) is 18.1 Å². The lowest BCUT2D eigenvalue weighted by Gasteiger charge is -2.13. The number of alkyl halides is 2. The lowest BCUT2D eigenvalue weighted by atomic mass is 9.92. The highest BCUT2D eigenvalue weighted by Gasteiger charge is 2.19. The van der Waals surface area contributed by atoms with E-state index >= 15 is 0 Å². The van der Waals surface area contributed by atoms with Gasteiger partial charge in [0.15, 0.2) is 10.6 Å². The molecule has 0 aromatic heterocycles. The Labute approximate surface area is 128 Å². The van der Waals surface area contributed by atoms with Gasteiger partial charge in [0.2, 0.25) is 0 Å². The second-order valence-electron chi connectivity index (χ2n) is 4.40. The smallest absolute Gasteiger partial charge is 0.192 e. The molecule has 2 rings (SSSR count). The highest BCUT2D eigenvalue weighted by molar-refractivity contribution is 6.55. The molecule has 0 bridgehead atoms. The minimum atomic E-state index is -1.04. The van der Waals surface area contributed by atoms with E-state index in [0.29, 0.717) is 5.57 Å². The first-order valence-electron chi connectivity index (χ1n) is 6.25. The SMILES string of the molecule is CC(C(=O)C(Cl)Cl)=C(c1ccccc1)c1ccccc1. The van der Waals surface area contributed by atoms with Crippen LogP contribution in [0.2, 0.25) is 0 Å². The van der Waals surface area contributed by atoms with Crippen molar-refractivity contribution in [2.24, 2.45) is 0 Å². The van der Waals surface area contributed by atoms with Gasteiger partial charge in [-0.05, 0) is 23.6 Å². The molecule has 0 N–H and O–H groups in total. The summed E-state index contributed by atoms with van der Waals surface area (Å²) in [6.45, 7) is 1.76. The standard InChI is InChI=1S/C17H14Cl2O/c1-12(16(20)17(18)19)15(13-8-4-2-5-9-13)14-10-6-3-7-11-14/h2-11,17H,1H3. The number of allylic oxidation sites excluding steroid dienone is 1. The van der Waals surface area contributed by atoms with Gasteiger partial charge < -0.3 is 0 Å². The third-order valence-corrected chi connectivity index (χ3v) is 3.46. The van der Waals surface area contributed by atoms with E-state index in [1.807, 2.05) is 60.7 Å². The maximum absolute atomic E-state index is 12.1. The third kappa shape index (κ3) is 3.30. The molecule has 1 nitrogen and oxygen atoms in total. The van der Waals surface area contributed by atoms with Gasteiger partial charge in [0.05, 0.1) is 0 Å². The zero-order valence-electron chi connectivity index (χ0n) is 11.0. The van der Waals surface area contributed by atoms with Gasteiger partial charge in [-0.25, -0.2) is 0 Å². The van der Waals surface area contributed by atoms with Crippen molar-refractivity contribution in [3.8, 4) is 0 Å². The molecule has 102 valence electrons. The molecule has 20 heavy (non-hydrogen) atoms. The van der Waals surface area contributed by atoms with Gasteiger partial charge in [0.1, 0.15) is 0 Å². The number of benzene rings is 2. The maximum Gasteiger partial charge on any atom is 0.192 e. The van der Waals surface area contributed by atoms with Crippen LogP contribution < -0.4 is 0 Å². The van der Waals surface area contributed by atoms with Crippen molar-refractivity contribution >= 4 is 34.6 Å². The fourth-order valence-corrected chi connectivity index (χ4v) is 2.42. The van der Waals surface area contributed by atoms with Gasteiger partial charge in [-0.1, -0.05) is 83.9 Å². The fourth-order valence-electron chi connectivity index (χ4n) is 2.10. The highest BCUT2D eigenvalue weighted by Crippen LogP contribution is 2.28. The molecule has 0 aliphatic rings. The first-order valence-corrected chi connectivity index (χ1v) is 7.12. The van der Waals surface area contributed by atoms with Crippen molar-refractivity contribution in [1.82, 2.24) is 0 Å². The van der Waals surface area contributed by atoms with Gasteiger partial charge in [-0.2, -0.15) is 0 Å². The Bertz CT molecular complexity index is 574. The molecule has 0 saturated heterocycles. The van der Waals surface area contributed by atoms with Crippen molar-refractivity contribution in [1.29, 1.82) is 0 Å². The zero-order valence-corrected chi connectivity index (χ0v) is 12.5. The summed E-state index contributed by atoms with van der Waals surface area (Å²) in [6, 6.07) is 19.5. The minimum Gasteiger partial charge on any atom is -0.291 e. The molecular weight excluding hydrogens is 291 g/mol. The number of halogens is 2. The molecule has 0 spiro atoms. The van der Waals surface area contributed by atoms with Crippen LogP contribution in [-0.4, -0.2) is 10.6 Å². The summed E-state index contributed by atoms with van der Waals surface area (Å²) in [5.41, 5.74) is 3.37. The Hall–Kier alpha value is -1.57. The van der Waals surface area contributed by atoms with Crippen molar-refractivity contribution in [3.63, 3.8) is 0 Å². The molecule has 0 unspecified atom stereocenters. The Balaban J connectivity index is 2.62. The summed E-state index contributed by atoms with van der Waals surface area (Å²) in [4.78, 5) is 11.1. The summed E-state index contributed by atoms with van der Waals surface area (Å²) >= 11 is 11.4. The average Bonchev–Trinajstić information content (AvgIpc) is 2.48. The lowest BCUT2D eigenvalue weighted by molar-refractivity contribution is -0.113. The van der Waals surface area contributed by atoms with E-state index in [0.717, 1.165) is 16.7 Å². The molecule has 2 aromatic carbocycles. The molecular formula is C17H14Cl2O. The van der Waals surface area contributed by atoms with Crippen LogP contribution in [0.25, 0.3) is 5.57 Å². The Kier molecular flexibility index (Phi) is 4.99. The average molecular weight is 305 g/mol. The molecule has 0 aliphatic carbocycles. The number of carbonyl (C=O) groups is 1. The number of hydrogen-bond donors (Lipinski definition) is 0. The largest absolute Gasteiger partial charge is 0.291 e. The number of hydrogen-bond acceptors (Lipinski definition) is 1. The molecule has 0 heterocycles. The summed E-state index contributed by atoms with van der Waals surface area (Å²) < 4.78 is 0. The van der Waals surface area contributed by atoms with E-state index in [1.54, 1.807) is 6.92 Å². The first-order chi connectivity index (χ1) is 9.61. The first kappa shape index (κ1) is 14.8. The summed E-state index contributed by atoms with van der Waals surface area (Å²) in [6.07, 6.45) is 0. The zero-order chi connectivity index (χ0) is 14.5. The van der Waals surface area contributed by atoms with Gasteiger partial charge in [-0.3, -0.25) is 4.79 Å². The Morgan fingerprint density at radius 2 is 1.25 bits per heavy atom. The van der Waals surface area contributed by atoms with Gasteiger partial charge in [0.25, 0.3) is 0 Å². The molecule has 0 radical (unpaired) electrons. The summed E-state index contributed by atoms with van der Waals surface area (Å²) in [5.74, 6) is -0.268. The third-order valence-electron chi connectivity index (χ3n) is 3.07. The second kappa shape index (κ2) is 6.74. The van der Waals surface area contributed by atoms with Crippen molar-refractivity contribution in [3.05, 3.63) is 77.4 Å². The van der Waals surface area contributed by atoms with E-state index in [1.165, 1.54) is 0 Å². The van der Waals surface area contributed by atoms with E-state index in [-0.39, 0.29) is 5.78 Å². The van der Waals surface area contributed by atoms with Crippen LogP contribution in [0.5, 0.6) is 0 Å². The van der Waals surface area contributed by atoms with Crippen LogP contribution in [0.3, 0.4) is 0 Å². The second-order valence-corrected chi connectivity index (χ2v) is 5.49. The molecule has 0 aliphatic heterocycles. The normalized spacial score (nSPS) is 10.4. The highest BCUT2D eigenvalue weighted by atomic mass is 35.5. The van der Waals surface area contributed by atoms with E-state index in [9.17, 15) is 4.79 Å². The number of ketones is 1. The minimum absolute atomic E-state index is 0.268. The molecule has 2 aromatic rings. The molecule has 0 amide bonds. The van der Waals surface area contributed by atoms with Crippen LogP contribution in [0, 0.1) is 0 Å².